The van der Waals surface area contributed by atoms with E-state index in [1.165, 1.54) is 16.7 Å². The fourth-order valence-corrected chi connectivity index (χ4v) is 2.52. The van der Waals surface area contributed by atoms with Gasteiger partial charge in [-0.3, -0.25) is 0 Å². The molecule has 0 spiro atoms. The third-order valence-corrected chi connectivity index (χ3v) is 3.92. The van der Waals surface area contributed by atoms with Crippen LogP contribution >= 0.6 is 0 Å². The van der Waals surface area contributed by atoms with Gasteiger partial charge >= 0.3 is 0 Å². The van der Waals surface area contributed by atoms with Crippen molar-refractivity contribution in [1.29, 1.82) is 0 Å². The molecule has 0 atom stereocenters. The zero-order chi connectivity index (χ0) is 16.6. The average Bonchev–Trinajstić information content (AvgIpc) is 3.07. The van der Waals surface area contributed by atoms with E-state index in [2.05, 4.69) is 53.3 Å². The summed E-state index contributed by atoms with van der Waals surface area (Å²) in [6.07, 6.45) is 3.42. The molecule has 0 radical (unpaired) electrons. The topological polar surface area (TPSA) is 60.9 Å². The monoisotopic (exact) mass is 308 g/mol. The summed E-state index contributed by atoms with van der Waals surface area (Å²) >= 11 is 0. The van der Waals surface area contributed by atoms with E-state index in [1.807, 2.05) is 26.1 Å². The maximum Gasteiger partial charge on any atom is 0.273 e. The molecule has 23 heavy (non-hydrogen) atoms. The minimum absolute atomic E-state index is 0.577. The van der Waals surface area contributed by atoms with E-state index in [-0.39, 0.29) is 0 Å². The largest absolute Gasteiger partial charge is 0.273 e. The van der Waals surface area contributed by atoms with Crippen LogP contribution in [0, 0.1) is 34.6 Å². The van der Waals surface area contributed by atoms with Gasteiger partial charge in [-0.1, -0.05) is 6.07 Å². The van der Waals surface area contributed by atoms with Crippen LogP contribution in [0.4, 0.5) is 0 Å². The van der Waals surface area contributed by atoms with E-state index >= 15 is 0 Å². The predicted molar refractivity (Wildman–Crippen MR) is 90.3 cm³/mol. The summed E-state index contributed by atoms with van der Waals surface area (Å²) < 4.78 is 3.38. The lowest BCUT2D eigenvalue weighted by Gasteiger charge is -2.06. The summed E-state index contributed by atoms with van der Waals surface area (Å²) in [6, 6.07) is 6.31. The molecule has 2 heterocycles. The van der Waals surface area contributed by atoms with Crippen molar-refractivity contribution in [2.45, 2.75) is 34.6 Å². The van der Waals surface area contributed by atoms with Crippen LogP contribution in [0.25, 0.3) is 5.95 Å². The molecular formula is C17H20N6. The maximum absolute atomic E-state index is 4.50. The van der Waals surface area contributed by atoms with Crippen LogP contribution in [0.1, 0.15) is 33.6 Å². The number of nitrogens with zero attached hydrogens (tertiary/aromatic N) is 6. The Morgan fingerprint density at radius 2 is 1.70 bits per heavy atom. The summed E-state index contributed by atoms with van der Waals surface area (Å²) in [5.41, 5.74) is 6.74. The predicted octanol–water partition coefficient (Wildman–Crippen LogP) is 2.89. The molecule has 3 aromatic rings. The number of aryl methyl sites for hydroxylation is 5. The maximum atomic E-state index is 4.50. The molecular weight excluding hydrogens is 288 g/mol. The summed E-state index contributed by atoms with van der Waals surface area (Å²) in [6.45, 7) is 10.2. The van der Waals surface area contributed by atoms with Crippen LogP contribution in [0.5, 0.6) is 0 Å². The molecule has 6 heteroatoms. The van der Waals surface area contributed by atoms with Crippen molar-refractivity contribution in [1.82, 2.24) is 24.7 Å². The Hall–Kier alpha value is -2.76. The van der Waals surface area contributed by atoms with Crippen molar-refractivity contribution < 1.29 is 0 Å². The third kappa shape index (κ3) is 2.92. The lowest BCUT2D eigenvalue weighted by Crippen LogP contribution is -2.06. The third-order valence-electron chi connectivity index (χ3n) is 3.92. The highest BCUT2D eigenvalue weighted by Crippen LogP contribution is 2.14. The van der Waals surface area contributed by atoms with Crippen molar-refractivity contribution in [3.63, 3.8) is 0 Å². The molecule has 0 bridgehead atoms. The van der Waals surface area contributed by atoms with Crippen LogP contribution in [0.3, 0.4) is 0 Å². The van der Waals surface area contributed by atoms with Crippen LogP contribution < -0.4 is 0 Å². The van der Waals surface area contributed by atoms with Crippen LogP contribution in [0.15, 0.2) is 29.6 Å². The number of rotatable bonds is 3. The van der Waals surface area contributed by atoms with Crippen LogP contribution in [-0.2, 0) is 0 Å². The Balaban J connectivity index is 1.98. The molecule has 0 N–H and O–H groups in total. The molecule has 0 saturated heterocycles. The first kappa shape index (κ1) is 15.1. The SMILES string of the molecule is Cc1cc(C)n(-c2nncn2/N=C\c2cc(C)c(C)cc2C)n1. The molecule has 0 unspecified atom stereocenters. The second-order valence-corrected chi connectivity index (χ2v) is 5.85. The standard InChI is InChI=1S/C17H20N6/c1-11-6-13(3)16(7-12(11)2)9-19-22-10-18-20-17(22)23-15(5)8-14(4)21-23/h6-10H,1-5H3/b19-9-. The molecule has 0 fully saturated rings. The second kappa shape index (κ2) is 5.79. The summed E-state index contributed by atoms with van der Waals surface area (Å²) in [5.74, 6) is 0.577. The molecule has 0 amide bonds. The summed E-state index contributed by atoms with van der Waals surface area (Å²) in [4.78, 5) is 0. The quantitative estimate of drug-likeness (QED) is 0.699. The minimum Gasteiger partial charge on any atom is -0.202 e. The second-order valence-electron chi connectivity index (χ2n) is 5.85. The smallest absolute Gasteiger partial charge is 0.202 e. The van der Waals surface area contributed by atoms with Crippen LogP contribution in [-0.4, -0.2) is 30.9 Å². The molecule has 6 nitrogen and oxygen atoms in total. The molecule has 0 aliphatic heterocycles. The van der Waals surface area contributed by atoms with Gasteiger partial charge in [0.1, 0.15) is 6.33 Å². The van der Waals surface area contributed by atoms with Crippen molar-refractivity contribution in [3.8, 4) is 5.95 Å². The van der Waals surface area contributed by atoms with Crippen molar-refractivity contribution in [3.05, 3.63) is 58.2 Å². The zero-order valence-electron chi connectivity index (χ0n) is 14.1. The van der Waals surface area contributed by atoms with E-state index in [0.717, 1.165) is 17.0 Å². The highest BCUT2D eigenvalue weighted by atomic mass is 15.5. The number of hydrogen-bond acceptors (Lipinski definition) is 4. The zero-order valence-corrected chi connectivity index (χ0v) is 14.1. The Morgan fingerprint density at radius 3 is 2.39 bits per heavy atom. The first-order valence-corrected chi connectivity index (χ1v) is 7.51. The molecule has 1 aromatic carbocycles. The fraction of sp³-hybridized carbons (Fsp3) is 0.294. The molecule has 2 aromatic heterocycles. The van der Waals surface area contributed by atoms with E-state index < -0.39 is 0 Å². The van der Waals surface area contributed by atoms with Gasteiger partial charge in [-0.15, -0.1) is 10.2 Å². The Morgan fingerprint density at radius 1 is 0.957 bits per heavy atom. The molecule has 3 rings (SSSR count). The van der Waals surface area contributed by atoms with Gasteiger partial charge in [-0.2, -0.15) is 14.9 Å². The van der Waals surface area contributed by atoms with Gasteiger partial charge < -0.3 is 0 Å². The van der Waals surface area contributed by atoms with Gasteiger partial charge in [0.05, 0.1) is 11.9 Å². The average molecular weight is 308 g/mol. The normalized spacial score (nSPS) is 11.5. The van der Waals surface area contributed by atoms with Crippen LogP contribution in [0.2, 0.25) is 0 Å². The van der Waals surface area contributed by atoms with E-state index in [4.69, 9.17) is 0 Å². The number of hydrogen-bond donors (Lipinski definition) is 0. The van der Waals surface area contributed by atoms with Gasteiger partial charge in [-0.25, -0.2) is 4.68 Å². The highest BCUT2D eigenvalue weighted by Gasteiger charge is 2.10. The lowest BCUT2D eigenvalue weighted by molar-refractivity contribution is 0.717. The summed E-state index contributed by atoms with van der Waals surface area (Å²) in [7, 11) is 0. The van der Waals surface area contributed by atoms with Gasteiger partial charge in [0.2, 0.25) is 0 Å². The molecule has 0 aliphatic rings. The first-order chi connectivity index (χ1) is 11.0. The van der Waals surface area contributed by atoms with Gasteiger partial charge in [0, 0.05) is 5.69 Å². The van der Waals surface area contributed by atoms with E-state index in [0.29, 0.717) is 5.95 Å². The van der Waals surface area contributed by atoms with Gasteiger partial charge in [0.25, 0.3) is 5.95 Å². The number of benzene rings is 1. The first-order valence-electron chi connectivity index (χ1n) is 7.51. The Labute approximate surface area is 135 Å². The molecule has 0 aliphatic carbocycles. The van der Waals surface area contributed by atoms with Crippen molar-refractivity contribution in [2.24, 2.45) is 5.10 Å². The van der Waals surface area contributed by atoms with Gasteiger partial charge in [0.15, 0.2) is 0 Å². The number of aromatic nitrogens is 5. The molecule has 118 valence electrons. The van der Waals surface area contributed by atoms with Crippen molar-refractivity contribution >= 4 is 6.21 Å². The fourth-order valence-electron chi connectivity index (χ4n) is 2.52. The highest BCUT2D eigenvalue weighted by molar-refractivity contribution is 5.82. The minimum atomic E-state index is 0.577. The lowest BCUT2D eigenvalue weighted by atomic mass is 10.0. The van der Waals surface area contributed by atoms with Crippen molar-refractivity contribution in [2.75, 3.05) is 0 Å². The Kier molecular flexibility index (Phi) is 3.82. The van der Waals surface area contributed by atoms with E-state index in [1.54, 1.807) is 15.7 Å². The summed E-state index contributed by atoms with van der Waals surface area (Å²) in [5, 5.41) is 17.0. The molecule has 0 saturated carbocycles. The Bertz CT molecular complexity index is 885. The van der Waals surface area contributed by atoms with E-state index in [9.17, 15) is 0 Å². The van der Waals surface area contributed by atoms with Gasteiger partial charge in [-0.05, 0) is 69.0 Å².